The van der Waals surface area contributed by atoms with Crippen LogP contribution in [0.5, 0.6) is 5.75 Å². The molecule has 0 aliphatic heterocycles. The van der Waals surface area contributed by atoms with Crippen LogP contribution >= 0.6 is 0 Å². The van der Waals surface area contributed by atoms with Crippen molar-refractivity contribution in [3.05, 3.63) is 65.7 Å². The SMILES string of the molecule is COc1ccccc1CNC1CCC(c2ccccc2)CC1. The van der Waals surface area contributed by atoms with E-state index in [1.807, 2.05) is 12.1 Å². The molecule has 2 nitrogen and oxygen atoms in total. The molecule has 0 spiro atoms. The van der Waals surface area contributed by atoms with Gasteiger partial charge in [-0.1, -0.05) is 48.5 Å². The van der Waals surface area contributed by atoms with Gasteiger partial charge in [0.15, 0.2) is 0 Å². The van der Waals surface area contributed by atoms with Crippen molar-refractivity contribution in [2.24, 2.45) is 0 Å². The smallest absolute Gasteiger partial charge is 0.123 e. The molecule has 0 radical (unpaired) electrons. The topological polar surface area (TPSA) is 21.3 Å². The number of nitrogens with one attached hydrogen (secondary N) is 1. The summed E-state index contributed by atoms with van der Waals surface area (Å²) < 4.78 is 5.42. The first-order valence-corrected chi connectivity index (χ1v) is 8.27. The van der Waals surface area contributed by atoms with E-state index in [0.717, 1.165) is 18.2 Å². The molecule has 0 atom stereocenters. The zero-order chi connectivity index (χ0) is 15.2. The number of para-hydroxylation sites is 1. The predicted molar refractivity (Wildman–Crippen MR) is 91.3 cm³/mol. The third-order valence-electron chi connectivity index (χ3n) is 4.77. The maximum atomic E-state index is 5.42. The average Bonchev–Trinajstić information content (AvgIpc) is 2.61. The van der Waals surface area contributed by atoms with Crippen LogP contribution in [0.4, 0.5) is 0 Å². The van der Waals surface area contributed by atoms with Gasteiger partial charge in [-0.15, -0.1) is 0 Å². The van der Waals surface area contributed by atoms with E-state index in [1.165, 1.54) is 36.8 Å². The number of hydrogen-bond acceptors (Lipinski definition) is 2. The van der Waals surface area contributed by atoms with Gasteiger partial charge in [-0.3, -0.25) is 0 Å². The molecule has 0 saturated heterocycles. The first-order valence-electron chi connectivity index (χ1n) is 8.27. The molecule has 22 heavy (non-hydrogen) atoms. The molecule has 1 saturated carbocycles. The van der Waals surface area contributed by atoms with E-state index >= 15 is 0 Å². The highest BCUT2D eigenvalue weighted by Crippen LogP contribution is 2.32. The molecular weight excluding hydrogens is 270 g/mol. The summed E-state index contributed by atoms with van der Waals surface area (Å²) in [6, 6.07) is 19.8. The molecule has 0 heterocycles. The molecule has 2 aromatic rings. The second-order valence-electron chi connectivity index (χ2n) is 6.15. The lowest BCUT2D eigenvalue weighted by molar-refractivity contribution is 0.338. The predicted octanol–water partition coefficient (Wildman–Crippen LogP) is 4.51. The van der Waals surface area contributed by atoms with Gasteiger partial charge in [0, 0.05) is 18.2 Å². The highest BCUT2D eigenvalue weighted by molar-refractivity contribution is 5.33. The Labute approximate surface area is 133 Å². The molecule has 0 aromatic heterocycles. The Morgan fingerprint density at radius 2 is 1.59 bits per heavy atom. The lowest BCUT2D eigenvalue weighted by Crippen LogP contribution is -2.32. The summed E-state index contributed by atoms with van der Waals surface area (Å²) in [5.74, 6) is 1.72. The number of methoxy groups -OCH3 is 1. The molecule has 1 N–H and O–H groups in total. The third kappa shape index (κ3) is 3.69. The number of ether oxygens (including phenoxy) is 1. The van der Waals surface area contributed by atoms with Gasteiger partial charge in [0.05, 0.1) is 7.11 Å². The van der Waals surface area contributed by atoms with Gasteiger partial charge in [-0.25, -0.2) is 0 Å². The summed E-state index contributed by atoms with van der Waals surface area (Å²) >= 11 is 0. The van der Waals surface area contributed by atoms with Gasteiger partial charge < -0.3 is 10.1 Å². The van der Waals surface area contributed by atoms with E-state index in [2.05, 4.69) is 47.8 Å². The summed E-state index contributed by atoms with van der Waals surface area (Å²) in [4.78, 5) is 0. The largest absolute Gasteiger partial charge is 0.496 e. The Bertz CT molecular complexity index is 573. The van der Waals surface area contributed by atoms with E-state index in [0.29, 0.717) is 6.04 Å². The van der Waals surface area contributed by atoms with Gasteiger partial charge in [-0.2, -0.15) is 0 Å². The standard InChI is InChI=1S/C20H25NO/c1-22-20-10-6-5-9-18(20)15-21-19-13-11-17(12-14-19)16-7-3-2-4-8-16/h2-10,17,19,21H,11-15H2,1H3. The Morgan fingerprint density at radius 3 is 2.32 bits per heavy atom. The third-order valence-corrected chi connectivity index (χ3v) is 4.77. The summed E-state index contributed by atoms with van der Waals surface area (Å²) in [6.07, 6.45) is 5.09. The van der Waals surface area contributed by atoms with E-state index in [1.54, 1.807) is 7.11 Å². The van der Waals surface area contributed by atoms with Gasteiger partial charge >= 0.3 is 0 Å². The minimum Gasteiger partial charge on any atom is -0.496 e. The molecule has 0 bridgehead atoms. The zero-order valence-corrected chi connectivity index (χ0v) is 13.3. The van der Waals surface area contributed by atoms with Gasteiger partial charge in [0.25, 0.3) is 0 Å². The second-order valence-corrected chi connectivity index (χ2v) is 6.15. The molecule has 1 aliphatic carbocycles. The normalized spacial score (nSPS) is 21.5. The Hall–Kier alpha value is -1.80. The van der Waals surface area contributed by atoms with Crippen LogP contribution in [0, 0.1) is 0 Å². The minimum absolute atomic E-state index is 0.630. The maximum Gasteiger partial charge on any atom is 0.123 e. The van der Waals surface area contributed by atoms with Gasteiger partial charge in [-0.05, 0) is 43.2 Å². The van der Waals surface area contributed by atoms with Crippen LogP contribution in [-0.2, 0) is 6.54 Å². The molecular formula is C20H25NO. The van der Waals surface area contributed by atoms with Crippen molar-refractivity contribution < 1.29 is 4.74 Å². The van der Waals surface area contributed by atoms with E-state index in [4.69, 9.17) is 4.74 Å². The van der Waals surface area contributed by atoms with Crippen LogP contribution in [-0.4, -0.2) is 13.2 Å². The Kier molecular flexibility index (Phi) is 5.12. The number of rotatable bonds is 5. The lowest BCUT2D eigenvalue weighted by atomic mass is 9.82. The van der Waals surface area contributed by atoms with Crippen molar-refractivity contribution in [2.75, 3.05) is 7.11 Å². The van der Waals surface area contributed by atoms with E-state index in [9.17, 15) is 0 Å². The molecule has 0 amide bonds. The van der Waals surface area contributed by atoms with Crippen LogP contribution in [0.25, 0.3) is 0 Å². The summed E-state index contributed by atoms with van der Waals surface area (Å²) in [7, 11) is 1.74. The van der Waals surface area contributed by atoms with Crippen LogP contribution in [0.2, 0.25) is 0 Å². The first kappa shape index (κ1) is 15.1. The minimum atomic E-state index is 0.630. The second kappa shape index (κ2) is 7.46. The molecule has 2 heteroatoms. The van der Waals surface area contributed by atoms with Crippen molar-refractivity contribution in [2.45, 2.75) is 44.2 Å². The van der Waals surface area contributed by atoms with Crippen molar-refractivity contribution in [1.29, 1.82) is 0 Å². The summed E-state index contributed by atoms with van der Waals surface area (Å²) in [5, 5.41) is 3.70. The van der Waals surface area contributed by atoms with Crippen LogP contribution in [0.15, 0.2) is 54.6 Å². The average molecular weight is 295 g/mol. The van der Waals surface area contributed by atoms with Crippen molar-refractivity contribution in [3.63, 3.8) is 0 Å². The monoisotopic (exact) mass is 295 g/mol. The molecule has 0 unspecified atom stereocenters. The molecule has 2 aromatic carbocycles. The fourth-order valence-electron chi connectivity index (χ4n) is 3.46. The number of benzene rings is 2. The quantitative estimate of drug-likeness (QED) is 0.876. The molecule has 116 valence electrons. The lowest BCUT2D eigenvalue weighted by Gasteiger charge is -2.29. The van der Waals surface area contributed by atoms with Crippen LogP contribution in [0.1, 0.15) is 42.7 Å². The Balaban J connectivity index is 1.50. The highest BCUT2D eigenvalue weighted by atomic mass is 16.5. The van der Waals surface area contributed by atoms with Crippen LogP contribution < -0.4 is 10.1 Å². The van der Waals surface area contributed by atoms with Crippen molar-refractivity contribution in [1.82, 2.24) is 5.32 Å². The highest BCUT2D eigenvalue weighted by Gasteiger charge is 2.21. The summed E-state index contributed by atoms with van der Waals surface area (Å²) in [5.41, 5.74) is 2.75. The maximum absolute atomic E-state index is 5.42. The van der Waals surface area contributed by atoms with Gasteiger partial charge in [0.2, 0.25) is 0 Å². The zero-order valence-electron chi connectivity index (χ0n) is 13.3. The van der Waals surface area contributed by atoms with Crippen molar-refractivity contribution in [3.8, 4) is 5.75 Å². The van der Waals surface area contributed by atoms with Crippen molar-refractivity contribution >= 4 is 0 Å². The van der Waals surface area contributed by atoms with E-state index < -0.39 is 0 Å². The fraction of sp³-hybridized carbons (Fsp3) is 0.400. The number of hydrogen-bond donors (Lipinski definition) is 1. The van der Waals surface area contributed by atoms with E-state index in [-0.39, 0.29) is 0 Å². The van der Waals surface area contributed by atoms with Crippen LogP contribution in [0.3, 0.4) is 0 Å². The fourth-order valence-corrected chi connectivity index (χ4v) is 3.46. The Morgan fingerprint density at radius 1 is 0.909 bits per heavy atom. The summed E-state index contributed by atoms with van der Waals surface area (Å²) in [6.45, 7) is 0.894. The van der Waals surface area contributed by atoms with Gasteiger partial charge in [0.1, 0.15) is 5.75 Å². The molecule has 3 rings (SSSR count). The first-order chi connectivity index (χ1) is 10.9. The molecule has 1 fully saturated rings. The molecule has 1 aliphatic rings.